The average Bonchev–Trinajstić information content (AvgIpc) is 3.03. The van der Waals surface area contributed by atoms with E-state index in [9.17, 15) is 10.1 Å². The van der Waals surface area contributed by atoms with Crippen LogP contribution in [0.25, 0.3) is 0 Å². The highest BCUT2D eigenvalue weighted by molar-refractivity contribution is 6.31. The molecular formula is C34H29ClN2O7. The molecule has 44 heavy (non-hydrogen) atoms. The Hall–Kier alpha value is -5.33. The SMILES string of the molecule is CCOc1cc(C2C(C#N)=C(N)Oc3cc(OC(=O)COc4ccccc4OC)ccc32)ccc1OCc1ccccc1Cl. The molecule has 0 radical (unpaired) electrons. The minimum atomic E-state index is -0.627. The highest BCUT2D eigenvalue weighted by atomic mass is 35.5. The number of rotatable bonds is 11. The molecule has 10 heteroatoms. The van der Waals surface area contributed by atoms with Crippen LogP contribution in [0, 0.1) is 11.3 Å². The van der Waals surface area contributed by atoms with E-state index in [0.29, 0.717) is 45.9 Å². The normalized spacial score (nSPS) is 13.6. The van der Waals surface area contributed by atoms with Gasteiger partial charge in [-0.25, -0.2) is 4.79 Å². The van der Waals surface area contributed by atoms with Gasteiger partial charge in [0.1, 0.15) is 29.7 Å². The number of allylic oxidation sites excluding steroid dienone is 1. The molecule has 4 aromatic rings. The van der Waals surface area contributed by atoms with Gasteiger partial charge in [-0.15, -0.1) is 0 Å². The standard InChI is InChI=1S/C34H29ClN2O7/c1-3-40-31-16-21(12-15-29(31)41-19-22-8-4-5-9-26(22)35)33-24-14-13-23(17-30(24)44-34(37)25(33)18-36)43-32(38)20-42-28-11-7-6-10-27(28)39-2/h4-17,33H,3,19-20,37H2,1-2H3. The van der Waals surface area contributed by atoms with Gasteiger partial charge in [0, 0.05) is 22.2 Å². The summed E-state index contributed by atoms with van der Waals surface area (Å²) in [5.74, 6) is 1.26. The third-order valence-electron chi connectivity index (χ3n) is 6.78. The molecule has 2 N–H and O–H groups in total. The maximum atomic E-state index is 12.6. The third kappa shape index (κ3) is 6.66. The molecule has 0 amide bonds. The monoisotopic (exact) mass is 612 g/mol. The fourth-order valence-corrected chi connectivity index (χ4v) is 4.93. The van der Waals surface area contributed by atoms with E-state index in [1.54, 1.807) is 54.6 Å². The van der Waals surface area contributed by atoms with E-state index >= 15 is 0 Å². The lowest BCUT2D eigenvalue weighted by Crippen LogP contribution is -2.22. The minimum absolute atomic E-state index is 0.0509. The minimum Gasteiger partial charge on any atom is -0.493 e. The van der Waals surface area contributed by atoms with Gasteiger partial charge in [0.2, 0.25) is 5.88 Å². The molecule has 0 saturated carbocycles. The number of para-hydroxylation sites is 2. The van der Waals surface area contributed by atoms with Crippen LogP contribution in [0.2, 0.25) is 5.02 Å². The summed E-state index contributed by atoms with van der Waals surface area (Å²) in [5.41, 5.74) is 8.67. The zero-order valence-corrected chi connectivity index (χ0v) is 24.8. The van der Waals surface area contributed by atoms with Crippen molar-refractivity contribution in [3.63, 3.8) is 0 Å². The first-order valence-corrected chi connectivity index (χ1v) is 14.1. The summed E-state index contributed by atoms with van der Waals surface area (Å²) >= 11 is 6.29. The lowest BCUT2D eigenvalue weighted by Gasteiger charge is -2.27. The molecule has 1 unspecified atom stereocenters. The predicted octanol–water partition coefficient (Wildman–Crippen LogP) is 6.53. The van der Waals surface area contributed by atoms with Gasteiger partial charge in [0.25, 0.3) is 0 Å². The molecule has 1 atom stereocenters. The second-order valence-corrected chi connectivity index (χ2v) is 9.96. The van der Waals surface area contributed by atoms with Gasteiger partial charge in [-0.1, -0.05) is 54.1 Å². The van der Waals surface area contributed by atoms with Crippen LogP contribution in [0.15, 0.2) is 96.4 Å². The third-order valence-corrected chi connectivity index (χ3v) is 7.15. The molecule has 5 rings (SSSR count). The van der Waals surface area contributed by atoms with E-state index in [0.717, 1.165) is 11.1 Å². The van der Waals surface area contributed by atoms with Crippen molar-refractivity contribution in [1.29, 1.82) is 5.26 Å². The first kappa shape index (κ1) is 30.1. The Balaban J connectivity index is 1.37. The second-order valence-electron chi connectivity index (χ2n) is 9.56. The van der Waals surface area contributed by atoms with Gasteiger partial charge < -0.3 is 34.2 Å². The average molecular weight is 613 g/mol. The molecule has 0 aromatic heterocycles. The summed E-state index contributed by atoms with van der Waals surface area (Å²) in [7, 11) is 1.51. The summed E-state index contributed by atoms with van der Waals surface area (Å²) in [6, 6.07) is 27.0. The number of ether oxygens (including phenoxy) is 6. The van der Waals surface area contributed by atoms with Crippen molar-refractivity contribution in [3.05, 3.63) is 118 Å². The molecule has 0 saturated heterocycles. The number of nitrogens with two attached hydrogens (primary N) is 1. The lowest BCUT2D eigenvalue weighted by atomic mass is 9.83. The van der Waals surface area contributed by atoms with E-state index in [4.69, 9.17) is 45.8 Å². The van der Waals surface area contributed by atoms with Gasteiger partial charge in [-0.3, -0.25) is 0 Å². The molecule has 224 valence electrons. The molecule has 1 aliphatic heterocycles. The van der Waals surface area contributed by atoms with Crippen LogP contribution in [0.5, 0.6) is 34.5 Å². The van der Waals surface area contributed by atoms with Crippen molar-refractivity contribution in [3.8, 4) is 40.6 Å². The summed E-state index contributed by atoms with van der Waals surface area (Å²) in [5, 5.41) is 10.6. The maximum absolute atomic E-state index is 12.6. The van der Waals surface area contributed by atoms with E-state index in [2.05, 4.69) is 6.07 Å². The Morgan fingerprint density at radius 3 is 2.43 bits per heavy atom. The quantitative estimate of drug-likeness (QED) is 0.149. The summed E-state index contributed by atoms with van der Waals surface area (Å²) in [6.07, 6.45) is 0. The highest BCUT2D eigenvalue weighted by Gasteiger charge is 2.32. The van der Waals surface area contributed by atoms with Crippen molar-refractivity contribution < 1.29 is 33.2 Å². The van der Waals surface area contributed by atoms with Crippen LogP contribution in [-0.2, 0) is 11.4 Å². The number of carbonyl (C=O) groups is 1. The number of methoxy groups -OCH3 is 1. The van der Waals surface area contributed by atoms with Crippen molar-refractivity contribution in [1.82, 2.24) is 0 Å². The zero-order chi connectivity index (χ0) is 31.1. The first-order valence-electron chi connectivity index (χ1n) is 13.7. The fraction of sp³-hybridized carbons (Fsp3) is 0.176. The van der Waals surface area contributed by atoms with Crippen molar-refractivity contribution >= 4 is 17.6 Å². The number of halogens is 1. The van der Waals surface area contributed by atoms with Gasteiger partial charge in [0.15, 0.2) is 29.6 Å². The number of nitrogens with zero attached hydrogens (tertiary/aromatic N) is 1. The number of benzene rings is 4. The first-order chi connectivity index (χ1) is 21.4. The van der Waals surface area contributed by atoms with E-state index in [1.807, 2.05) is 37.3 Å². The topological polar surface area (TPSA) is 122 Å². The number of carbonyl (C=O) groups excluding carboxylic acids is 1. The highest BCUT2D eigenvalue weighted by Crippen LogP contribution is 2.45. The van der Waals surface area contributed by atoms with Crippen LogP contribution in [-0.4, -0.2) is 26.3 Å². The molecule has 1 heterocycles. The van der Waals surface area contributed by atoms with Gasteiger partial charge >= 0.3 is 5.97 Å². The van der Waals surface area contributed by atoms with Gasteiger partial charge in [0.05, 0.1) is 19.6 Å². The molecular weight excluding hydrogens is 584 g/mol. The van der Waals surface area contributed by atoms with Gasteiger partial charge in [-0.05, 0) is 48.9 Å². The number of hydrogen-bond donors (Lipinski definition) is 1. The van der Waals surface area contributed by atoms with Crippen molar-refractivity contribution in [2.45, 2.75) is 19.4 Å². The number of esters is 1. The van der Waals surface area contributed by atoms with E-state index in [1.165, 1.54) is 7.11 Å². The van der Waals surface area contributed by atoms with E-state index < -0.39 is 11.9 Å². The largest absolute Gasteiger partial charge is 0.493 e. The smallest absolute Gasteiger partial charge is 0.349 e. The lowest BCUT2D eigenvalue weighted by molar-refractivity contribution is -0.136. The number of fused-ring (bicyclic) bond motifs is 1. The molecule has 1 aliphatic rings. The number of hydrogen-bond acceptors (Lipinski definition) is 9. The Kier molecular flexibility index (Phi) is 9.43. The van der Waals surface area contributed by atoms with Crippen molar-refractivity contribution in [2.24, 2.45) is 5.73 Å². The number of nitriles is 1. The van der Waals surface area contributed by atoms with Gasteiger partial charge in [-0.2, -0.15) is 5.26 Å². The zero-order valence-electron chi connectivity index (χ0n) is 24.0. The Labute approximate surface area is 259 Å². The summed E-state index contributed by atoms with van der Waals surface area (Å²) in [6.45, 7) is 2.18. The van der Waals surface area contributed by atoms with Crippen LogP contribution >= 0.6 is 11.6 Å². The molecule has 0 bridgehead atoms. The molecule has 4 aromatic carbocycles. The maximum Gasteiger partial charge on any atom is 0.349 e. The van der Waals surface area contributed by atoms with Crippen LogP contribution < -0.4 is 34.2 Å². The molecule has 0 fully saturated rings. The van der Waals surface area contributed by atoms with E-state index in [-0.39, 0.29) is 30.4 Å². The predicted molar refractivity (Wildman–Crippen MR) is 163 cm³/mol. The second kappa shape index (κ2) is 13.8. The molecule has 9 nitrogen and oxygen atoms in total. The van der Waals surface area contributed by atoms with Crippen LogP contribution in [0.1, 0.15) is 29.5 Å². The Bertz CT molecular complexity index is 1750. The Morgan fingerprint density at radius 2 is 1.68 bits per heavy atom. The van der Waals surface area contributed by atoms with Crippen LogP contribution in [0.3, 0.4) is 0 Å². The summed E-state index contributed by atoms with van der Waals surface area (Å²) < 4.78 is 34.1. The fourth-order valence-electron chi connectivity index (χ4n) is 4.74. The Morgan fingerprint density at radius 1 is 0.932 bits per heavy atom. The summed E-state index contributed by atoms with van der Waals surface area (Å²) in [4.78, 5) is 12.6. The van der Waals surface area contributed by atoms with Crippen LogP contribution in [0.4, 0.5) is 0 Å². The molecule has 0 aliphatic carbocycles. The van der Waals surface area contributed by atoms with Crippen molar-refractivity contribution in [2.75, 3.05) is 20.3 Å². The molecule has 0 spiro atoms.